The molecule has 3 rings (SSSR count). The number of hydrogen-bond acceptors (Lipinski definition) is 5. The summed E-state index contributed by atoms with van der Waals surface area (Å²) in [6, 6.07) is 7.40. The molecular formula is C20H28N4O3. The molecule has 146 valence electrons. The highest BCUT2D eigenvalue weighted by Gasteiger charge is 2.23. The van der Waals surface area contributed by atoms with Crippen molar-refractivity contribution >= 4 is 22.6 Å². The summed E-state index contributed by atoms with van der Waals surface area (Å²) in [4.78, 5) is 21.3. The Morgan fingerprint density at radius 1 is 1.37 bits per heavy atom. The van der Waals surface area contributed by atoms with E-state index in [0.717, 1.165) is 36.9 Å². The standard InChI is InChI=1S/C20H28N4O3/c1-23(2)9-10-24(14-16-7-5-11-27-16)20(25)22-18-13-17(26-3)12-15-6-4-8-21-19(15)18/h4,6,8,12-13,16H,5,7,9-11,14H2,1-3H3,(H,22,25). The molecule has 7 heteroatoms. The fraction of sp³-hybridized carbons (Fsp3) is 0.500. The number of pyridine rings is 1. The van der Waals surface area contributed by atoms with E-state index >= 15 is 0 Å². The lowest BCUT2D eigenvalue weighted by molar-refractivity contribution is 0.0820. The quantitative estimate of drug-likeness (QED) is 0.810. The number of benzene rings is 1. The van der Waals surface area contributed by atoms with Crippen LogP contribution < -0.4 is 10.1 Å². The number of ether oxygens (including phenoxy) is 2. The van der Waals surface area contributed by atoms with E-state index in [1.54, 1.807) is 13.3 Å². The van der Waals surface area contributed by atoms with E-state index in [4.69, 9.17) is 9.47 Å². The molecule has 2 aromatic rings. The second-order valence-electron chi connectivity index (χ2n) is 7.06. The van der Waals surface area contributed by atoms with Gasteiger partial charge in [-0.25, -0.2) is 4.79 Å². The molecule has 0 saturated carbocycles. The zero-order valence-electron chi connectivity index (χ0n) is 16.3. The first-order chi connectivity index (χ1) is 13.1. The number of aromatic nitrogens is 1. The summed E-state index contributed by atoms with van der Waals surface area (Å²) in [6.45, 7) is 2.79. The van der Waals surface area contributed by atoms with Crippen LogP contribution in [0.5, 0.6) is 5.75 Å². The minimum Gasteiger partial charge on any atom is -0.497 e. The Labute approximate surface area is 160 Å². The normalized spacial score (nSPS) is 16.7. The first-order valence-electron chi connectivity index (χ1n) is 9.32. The van der Waals surface area contributed by atoms with Crippen molar-refractivity contribution in [2.75, 3.05) is 52.8 Å². The lowest BCUT2D eigenvalue weighted by Crippen LogP contribution is -2.43. The fourth-order valence-electron chi connectivity index (χ4n) is 3.20. The largest absolute Gasteiger partial charge is 0.497 e. The molecule has 27 heavy (non-hydrogen) atoms. The molecule has 2 amide bonds. The van der Waals surface area contributed by atoms with Crippen molar-refractivity contribution in [2.45, 2.75) is 18.9 Å². The lowest BCUT2D eigenvalue weighted by atomic mass is 10.2. The van der Waals surface area contributed by atoms with E-state index in [2.05, 4.69) is 15.2 Å². The molecule has 1 fully saturated rings. The van der Waals surface area contributed by atoms with Gasteiger partial charge in [0, 0.05) is 43.9 Å². The Hall–Kier alpha value is -2.38. The summed E-state index contributed by atoms with van der Waals surface area (Å²) in [6.07, 6.45) is 3.88. The number of nitrogens with zero attached hydrogens (tertiary/aromatic N) is 3. The van der Waals surface area contributed by atoms with E-state index in [1.165, 1.54) is 0 Å². The van der Waals surface area contributed by atoms with Crippen LogP contribution in [0.3, 0.4) is 0 Å². The third-order valence-corrected chi connectivity index (χ3v) is 4.71. The predicted octanol–water partition coefficient (Wildman–Crippen LogP) is 2.82. The number of fused-ring (bicyclic) bond motifs is 1. The summed E-state index contributed by atoms with van der Waals surface area (Å²) in [5.41, 5.74) is 1.40. The molecule has 1 N–H and O–H groups in total. The molecule has 1 atom stereocenters. The fourth-order valence-corrected chi connectivity index (χ4v) is 3.20. The number of nitrogens with one attached hydrogen (secondary N) is 1. The van der Waals surface area contributed by atoms with Crippen LogP contribution in [0.15, 0.2) is 30.5 Å². The van der Waals surface area contributed by atoms with Crippen molar-refractivity contribution in [1.82, 2.24) is 14.8 Å². The molecule has 1 unspecified atom stereocenters. The molecule has 1 aliphatic heterocycles. The molecular weight excluding hydrogens is 344 g/mol. The smallest absolute Gasteiger partial charge is 0.322 e. The van der Waals surface area contributed by atoms with Crippen LogP contribution in [0, 0.1) is 0 Å². The van der Waals surface area contributed by atoms with Gasteiger partial charge in [0.2, 0.25) is 0 Å². The lowest BCUT2D eigenvalue weighted by Gasteiger charge is -2.27. The predicted molar refractivity (Wildman–Crippen MR) is 106 cm³/mol. The van der Waals surface area contributed by atoms with E-state index in [9.17, 15) is 4.79 Å². The summed E-state index contributed by atoms with van der Waals surface area (Å²) < 4.78 is 11.1. The Morgan fingerprint density at radius 3 is 2.93 bits per heavy atom. The summed E-state index contributed by atoms with van der Waals surface area (Å²) >= 11 is 0. The van der Waals surface area contributed by atoms with Crippen molar-refractivity contribution in [2.24, 2.45) is 0 Å². The van der Waals surface area contributed by atoms with Gasteiger partial charge in [-0.05, 0) is 39.1 Å². The number of amides is 2. The maximum Gasteiger partial charge on any atom is 0.322 e. The number of carbonyl (C=O) groups excluding carboxylic acids is 1. The van der Waals surface area contributed by atoms with Gasteiger partial charge in [0.05, 0.1) is 24.4 Å². The Bertz CT molecular complexity index is 775. The van der Waals surface area contributed by atoms with Crippen molar-refractivity contribution in [3.8, 4) is 5.75 Å². The number of methoxy groups -OCH3 is 1. The highest BCUT2D eigenvalue weighted by molar-refractivity contribution is 6.00. The molecule has 0 aliphatic carbocycles. The van der Waals surface area contributed by atoms with E-state index in [0.29, 0.717) is 24.5 Å². The number of hydrogen-bond donors (Lipinski definition) is 1. The first kappa shape index (κ1) is 19.4. The van der Waals surface area contributed by atoms with Gasteiger partial charge < -0.3 is 24.6 Å². The van der Waals surface area contributed by atoms with Gasteiger partial charge in [-0.15, -0.1) is 0 Å². The van der Waals surface area contributed by atoms with Gasteiger partial charge >= 0.3 is 6.03 Å². The topological polar surface area (TPSA) is 66.9 Å². The molecule has 1 aromatic heterocycles. The highest BCUT2D eigenvalue weighted by atomic mass is 16.5. The van der Waals surface area contributed by atoms with Gasteiger partial charge in [0.25, 0.3) is 0 Å². The third kappa shape index (κ3) is 5.08. The van der Waals surface area contributed by atoms with Crippen LogP contribution in [0.2, 0.25) is 0 Å². The zero-order chi connectivity index (χ0) is 19.2. The number of urea groups is 1. The Balaban J connectivity index is 1.80. The molecule has 2 heterocycles. The van der Waals surface area contributed by atoms with Crippen molar-refractivity contribution in [3.05, 3.63) is 30.5 Å². The maximum atomic E-state index is 13.0. The minimum absolute atomic E-state index is 0.109. The number of likely N-dealkylation sites (N-methyl/N-ethyl adjacent to an activating group) is 1. The Morgan fingerprint density at radius 2 is 2.22 bits per heavy atom. The molecule has 7 nitrogen and oxygen atoms in total. The second kappa shape index (κ2) is 9.01. The summed E-state index contributed by atoms with van der Waals surface area (Å²) in [5.74, 6) is 0.685. The van der Waals surface area contributed by atoms with Crippen molar-refractivity contribution in [3.63, 3.8) is 0 Å². The zero-order valence-corrected chi connectivity index (χ0v) is 16.3. The molecule has 1 aliphatic rings. The van der Waals surface area contributed by atoms with Crippen LogP contribution >= 0.6 is 0 Å². The SMILES string of the molecule is COc1cc(NC(=O)N(CCN(C)C)CC2CCCO2)c2ncccc2c1. The first-order valence-corrected chi connectivity index (χ1v) is 9.32. The highest BCUT2D eigenvalue weighted by Crippen LogP contribution is 2.28. The molecule has 1 aromatic carbocycles. The van der Waals surface area contributed by atoms with Crippen LogP contribution in [-0.4, -0.2) is 74.4 Å². The monoisotopic (exact) mass is 372 g/mol. The molecule has 1 saturated heterocycles. The van der Waals surface area contributed by atoms with Crippen LogP contribution in [0.25, 0.3) is 10.9 Å². The molecule has 0 bridgehead atoms. The van der Waals surface area contributed by atoms with E-state index in [1.807, 2.05) is 43.3 Å². The minimum atomic E-state index is -0.146. The number of rotatable bonds is 7. The maximum absolute atomic E-state index is 13.0. The average Bonchev–Trinajstić information content (AvgIpc) is 3.17. The van der Waals surface area contributed by atoms with Crippen molar-refractivity contribution in [1.29, 1.82) is 0 Å². The van der Waals surface area contributed by atoms with Gasteiger partial charge in [-0.2, -0.15) is 0 Å². The third-order valence-electron chi connectivity index (χ3n) is 4.71. The van der Waals surface area contributed by atoms with Gasteiger partial charge in [-0.1, -0.05) is 6.07 Å². The van der Waals surface area contributed by atoms with Gasteiger partial charge in [0.1, 0.15) is 5.75 Å². The van der Waals surface area contributed by atoms with Crippen LogP contribution in [-0.2, 0) is 4.74 Å². The van der Waals surface area contributed by atoms with Gasteiger partial charge in [-0.3, -0.25) is 4.98 Å². The van der Waals surface area contributed by atoms with Crippen LogP contribution in [0.1, 0.15) is 12.8 Å². The Kier molecular flexibility index (Phi) is 6.47. The van der Waals surface area contributed by atoms with Crippen molar-refractivity contribution < 1.29 is 14.3 Å². The molecule has 0 radical (unpaired) electrons. The second-order valence-corrected chi connectivity index (χ2v) is 7.06. The van der Waals surface area contributed by atoms with Gasteiger partial charge in [0.15, 0.2) is 0 Å². The average molecular weight is 372 g/mol. The van der Waals surface area contributed by atoms with E-state index in [-0.39, 0.29) is 12.1 Å². The number of anilines is 1. The van der Waals surface area contributed by atoms with Crippen LogP contribution in [0.4, 0.5) is 10.5 Å². The van der Waals surface area contributed by atoms with E-state index < -0.39 is 0 Å². The summed E-state index contributed by atoms with van der Waals surface area (Å²) in [7, 11) is 5.62. The number of carbonyl (C=O) groups is 1. The molecule has 0 spiro atoms. The summed E-state index contributed by atoms with van der Waals surface area (Å²) in [5, 5.41) is 3.95.